The Morgan fingerprint density at radius 2 is 0.887 bits per heavy atom. The van der Waals surface area contributed by atoms with Crippen LogP contribution in [0.1, 0.15) is 70.0 Å². The monoisotopic (exact) mass is 925 g/mol. The number of ketones is 3. The Bertz CT molecular complexity index is 2400. The third-order valence-electron chi connectivity index (χ3n) is 7.35. The van der Waals surface area contributed by atoms with Gasteiger partial charge in [-0.2, -0.15) is 16.8 Å². The van der Waals surface area contributed by atoms with Crippen LogP contribution in [0.2, 0.25) is 5.02 Å². The minimum absolute atomic E-state index is 0.0491. The molecule has 0 aliphatic heterocycles. The molecule has 0 aliphatic carbocycles. The largest absolute Gasteiger partial charge is 0.506 e. The second-order valence-electron chi connectivity index (χ2n) is 12.3. The van der Waals surface area contributed by atoms with Crippen molar-refractivity contribution in [3.05, 3.63) is 83.2 Å². The van der Waals surface area contributed by atoms with E-state index in [0.717, 1.165) is 42.6 Å². The van der Waals surface area contributed by atoms with Crippen LogP contribution in [0.3, 0.4) is 0 Å². The van der Waals surface area contributed by atoms with Crippen LogP contribution in [0.4, 0.5) is 0 Å². The number of aromatic hydroxyl groups is 3. The van der Waals surface area contributed by atoms with Gasteiger partial charge in [0.25, 0.3) is 0 Å². The molecule has 21 nitrogen and oxygen atoms in total. The van der Waals surface area contributed by atoms with Crippen molar-refractivity contribution in [2.75, 3.05) is 33.8 Å². The summed E-state index contributed by atoms with van der Waals surface area (Å²) in [5.41, 5.74) is 0.826. The van der Waals surface area contributed by atoms with Gasteiger partial charge in [-0.25, -0.2) is 15.0 Å². The van der Waals surface area contributed by atoms with Crippen molar-refractivity contribution in [1.82, 2.24) is 15.0 Å². The van der Waals surface area contributed by atoms with Gasteiger partial charge in [-0.1, -0.05) is 23.7 Å². The van der Waals surface area contributed by atoms with E-state index in [-0.39, 0.29) is 72.9 Å². The fourth-order valence-electron chi connectivity index (χ4n) is 4.54. The Morgan fingerprint density at radius 3 is 1.19 bits per heavy atom. The molecule has 0 bridgehead atoms. The predicted molar refractivity (Wildman–Crippen MR) is 216 cm³/mol. The molecule has 24 heteroatoms. The Morgan fingerprint density at radius 1 is 0.532 bits per heavy atom. The predicted octanol–water partition coefficient (Wildman–Crippen LogP) is 3.77. The molecule has 3 N–H and O–H groups in total. The SMILES string of the molecule is COC(=O)CCC(=O)c1ncc(-c2cccc(Cl)c2)cc1O.COC(=O)CCC(=O)c1ncc(OS(C)(=O)=O)cc1O.COC(=O)CCC(=O)c1ncc(OS(C)(=O)=O)cc1O. The highest BCUT2D eigenvalue weighted by molar-refractivity contribution is 7.86. The first-order valence-electron chi connectivity index (χ1n) is 17.4. The number of rotatable bonds is 17. The summed E-state index contributed by atoms with van der Waals surface area (Å²) in [4.78, 5) is 79.4. The number of aromatic nitrogens is 3. The fraction of sp³-hybridized carbons (Fsp3) is 0.289. The summed E-state index contributed by atoms with van der Waals surface area (Å²) in [7, 11) is -3.86. The minimum Gasteiger partial charge on any atom is -0.506 e. The number of ether oxygens (including phenoxy) is 3. The molecule has 62 heavy (non-hydrogen) atoms. The lowest BCUT2D eigenvalue weighted by Gasteiger charge is -2.06. The van der Waals surface area contributed by atoms with Crippen LogP contribution in [0.25, 0.3) is 11.1 Å². The molecule has 0 saturated heterocycles. The summed E-state index contributed by atoms with van der Waals surface area (Å²) in [6, 6.07) is 10.4. The summed E-state index contributed by atoms with van der Waals surface area (Å²) in [6.45, 7) is 0. The molecule has 0 saturated carbocycles. The molecule has 0 unspecified atom stereocenters. The number of esters is 3. The van der Waals surface area contributed by atoms with E-state index in [1.165, 1.54) is 33.6 Å². The average molecular weight is 926 g/mol. The van der Waals surface area contributed by atoms with Crippen molar-refractivity contribution in [3.63, 3.8) is 0 Å². The summed E-state index contributed by atoms with van der Waals surface area (Å²) in [6.07, 6.45) is 4.37. The molecular weight excluding hydrogens is 886 g/mol. The highest BCUT2D eigenvalue weighted by atomic mass is 35.5. The molecule has 0 radical (unpaired) electrons. The summed E-state index contributed by atoms with van der Waals surface area (Å²) in [5, 5.41) is 29.8. The molecule has 0 atom stereocenters. The van der Waals surface area contributed by atoms with Gasteiger partial charge < -0.3 is 37.9 Å². The highest BCUT2D eigenvalue weighted by Gasteiger charge is 2.19. The maximum Gasteiger partial charge on any atom is 0.306 e. The van der Waals surface area contributed by atoms with Crippen molar-refractivity contribution in [2.45, 2.75) is 38.5 Å². The van der Waals surface area contributed by atoms with E-state index in [0.29, 0.717) is 10.6 Å². The zero-order valence-electron chi connectivity index (χ0n) is 33.5. The standard InChI is InChI=1S/C16H14ClNO4.2C11H13NO7S/c1-22-15(21)6-5-13(19)16-14(20)8-11(9-18-16)10-3-2-4-12(17)7-10;2*1-18-10(15)4-3-8(13)11-9(14)5-7(6-12-11)19-20(2,16)17/h2-4,7-9,20H,5-6H2,1H3;2*5-6,14H,3-4H2,1-2H3. The first-order chi connectivity index (χ1) is 29.0. The van der Waals surface area contributed by atoms with Gasteiger partial charge in [0.1, 0.15) is 34.3 Å². The molecule has 4 aromatic rings. The summed E-state index contributed by atoms with van der Waals surface area (Å²) < 4.78 is 65.8. The molecule has 0 spiro atoms. The quantitative estimate of drug-likeness (QED) is 0.0587. The molecule has 0 fully saturated rings. The van der Waals surface area contributed by atoms with Crippen LogP contribution < -0.4 is 8.37 Å². The number of hydrogen-bond donors (Lipinski definition) is 3. The maximum atomic E-state index is 11.9. The van der Waals surface area contributed by atoms with Crippen molar-refractivity contribution in [3.8, 4) is 39.9 Å². The lowest BCUT2D eigenvalue weighted by atomic mass is 10.1. The van der Waals surface area contributed by atoms with Crippen LogP contribution in [0.5, 0.6) is 28.7 Å². The minimum atomic E-state index is -3.75. The number of hydrogen-bond acceptors (Lipinski definition) is 21. The lowest BCUT2D eigenvalue weighted by Crippen LogP contribution is -2.09. The Kier molecular flexibility index (Phi) is 19.8. The van der Waals surface area contributed by atoms with Crippen LogP contribution >= 0.6 is 11.6 Å². The van der Waals surface area contributed by atoms with Crippen molar-refractivity contribution >= 4 is 67.1 Å². The van der Waals surface area contributed by atoms with Gasteiger partial charge in [0.15, 0.2) is 28.8 Å². The van der Waals surface area contributed by atoms with Gasteiger partial charge in [-0.15, -0.1) is 0 Å². The molecule has 0 amide bonds. The van der Waals surface area contributed by atoms with Gasteiger partial charge in [-0.3, -0.25) is 28.8 Å². The molecule has 3 heterocycles. The first-order valence-corrected chi connectivity index (χ1v) is 21.4. The maximum absolute atomic E-state index is 11.9. The van der Waals surface area contributed by atoms with E-state index in [1.54, 1.807) is 18.2 Å². The van der Waals surface area contributed by atoms with Gasteiger partial charge in [0.05, 0.1) is 65.5 Å². The second kappa shape index (κ2) is 23.9. The number of Topliss-reactive ketones (excluding diaryl/α,β-unsaturated/α-hetero) is 3. The summed E-state index contributed by atoms with van der Waals surface area (Å²) >= 11 is 5.92. The van der Waals surface area contributed by atoms with Gasteiger partial charge in [0.2, 0.25) is 0 Å². The van der Waals surface area contributed by atoms with Crippen molar-refractivity contribution < 1.29 is 83.5 Å². The number of halogens is 1. The normalized spacial score (nSPS) is 10.7. The number of nitrogens with zero attached hydrogens (tertiary/aromatic N) is 3. The van der Waals surface area contributed by atoms with Gasteiger partial charge >= 0.3 is 38.1 Å². The van der Waals surface area contributed by atoms with E-state index in [1.807, 2.05) is 6.07 Å². The Balaban J connectivity index is 0.000000321. The smallest absolute Gasteiger partial charge is 0.306 e. The van der Waals surface area contributed by atoms with Crippen LogP contribution in [-0.2, 0) is 48.8 Å². The third-order valence-corrected chi connectivity index (χ3v) is 8.58. The second-order valence-corrected chi connectivity index (χ2v) is 15.8. The van der Waals surface area contributed by atoms with Crippen molar-refractivity contribution in [2.24, 2.45) is 0 Å². The first kappa shape index (κ1) is 51.4. The van der Waals surface area contributed by atoms with Crippen LogP contribution in [-0.4, -0.2) is 116 Å². The van der Waals surface area contributed by atoms with Gasteiger partial charge in [-0.05, 0) is 23.8 Å². The molecular formula is C38H40ClN3O18S2. The molecule has 4 rings (SSSR count). The van der Waals surface area contributed by atoms with E-state index in [4.69, 9.17) is 11.6 Å². The molecule has 0 aliphatic rings. The van der Waals surface area contributed by atoms with Gasteiger partial charge in [0, 0.05) is 48.2 Å². The summed E-state index contributed by atoms with van der Waals surface area (Å²) in [5.74, 6) is -4.87. The average Bonchev–Trinajstić information content (AvgIpc) is 3.19. The number of pyridine rings is 3. The Labute approximate surface area is 359 Å². The third kappa shape index (κ3) is 18.3. The van der Waals surface area contributed by atoms with E-state index in [9.17, 15) is 60.9 Å². The van der Waals surface area contributed by atoms with Crippen LogP contribution in [0, 0.1) is 0 Å². The Hall–Kier alpha value is -6.72. The van der Waals surface area contributed by atoms with Crippen molar-refractivity contribution in [1.29, 1.82) is 0 Å². The van der Waals surface area contributed by atoms with E-state index >= 15 is 0 Å². The van der Waals surface area contributed by atoms with E-state index < -0.39 is 67.0 Å². The number of benzene rings is 1. The van der Waals surface area contributed by atoms with E-state index in [2.05, 4.69) is 37.5 Å². The zero-order valence-corrected chi connectivity index (χ0v) is 35.9. The molecule has 3 aromatic heterocycles. The molecule has 1 aromatic carbocycles. The number of carbonyl (C=O) groups excluding carboxylic acids is 6. The number of carbonyl (C=O) groups is 6. The zero-order chi connectivity index (χ0) is 46.8. The molecule has 334 valence electrons. The topological polar surface area (TPSA) is 316 Å². The fourth-order valence-corrected chi connectivity index (χ4v) is 5.61. The van der Waals surface area contributed by atoms with Crippen LogP contribution in [0.15, 0.2) is 61.1 Å². The number of methoxy groups -OCH3 is 3. The lowest BCUT2D eigenvalue weighted by molar-refractivity contribution is -0.141. The highest BCUT2D eigenvalue weighted by Crippen LogP contribution is 2.28.